The Morgan fingerprint density at radius 3 is 2.52 bits per heavy atom. The molecule has 0 unspecified atom stereocenters. The van der Waals surface area contributed by atoms with Crippen LogP contribution in [0, 0.1) is 0 Å². The van der Waals surface area contributed by atoms with Crippen molar-refractivity contribution in [3.63, 3.8) is 0 Å². The van der Waals surface area contributed by atoms with Crippen LogP contribution in [0.2, 0.25) is 0 Å². The number of nitrogens with two attached hydrogens (primary N) is 1. The molecule has 10 nitrogen and oxygen atoms in total. The van der Waals surface area contributed by atoms with Crippen molar-refractivity contribution in [1.29, 1.82) is 0 Å². The fourth-order valence-electron chi connectivity index (χ4n) is 2.30. The molecular formula is C17H22N6O4. The van der Waals surface area contributed by atoms with Gasteiger partial charge in [-0.3, -0.25) is 9.59 Å². The van der Waals surface area contributed by atoms with Crippen LogP contribution in [0.4, 0.5) is 4.79 Å². The highest BCUT2D eigenvalue weighted by Crippen LogP contribution is 2.15. The number of hydrogen-bond acceptors (Lipinski definition) is 6. The molecule has 3 amide bonds. The summed E-state index contributed by atoms with van der Waals surface area (Å²) in [7, 11) is 1.50. The number of carbonyl (C=O) groups excluding carboxylic acids is 3. The average Bonchev–Trinajstić information content (AvgIpc) is 3.12. The van der Waals surface area contributed by atoms with E-state index in [4.69, 9.17) is 10.5 Å². The topological polar surface area (TPSA) is 132 Å². The molecule has 1 aromatic carbocycles. The van der Waals surface area contributed by atoms with Crippen molar-refractivity contribution in [2.75, 3.05) is 20.2 Å². The lowest BCUT2D eigenvalue weighted by Crippen LogP contribution is -2.39. The molecule has 0 spiro atoms. The molecule has 2 aromatic rings. The molecule has 144 valence electrons. The predicted molar refractivity (Wildman–Crippen MR) is 96.1 cm³/mol. The summed E-state index contributed by atoms with van der Waals surface area (Å²) < 4.78 is 6.26. The number of ether oxygens (including phenoxy) is 1. The van der Waals surface area contributed by atoms with Gasteiger partial charge < -0.3 is 20.7 Å². The summed E-state index contributed by atoms with van der Waals surface area (Å²) in [5, 5.41) is 10.3. The Morgan fingerprint density at radius 2 is 1.96 bits per heavy atom. The molecule has 10 heteroatoms. The molecule has 1 atom stereocenters. The number of nitrogens with one attached hydrogen (secondary N) is 1. The molecule has 1 heterocycles. The maximum absolute atomic E-state index is 12.1. The van der Waals surface area contributed by atoms with Gasteiger partial charge in [0.2, 0.25) is 5.91 Å². The van der Waals surface area contributed by atoms with E-state index in [-0.39, 0.29) is 30.8 Å². The largest absolute Gasteiger partial charge is 0.450 e. The minimum atomic E-state index is -0.651. The molecule has 0 saturated heterocycles. The lowest BCUT2D eigenvalue weighted by atomic mass is 10.1. The van der Waals surface area contributed by atoms with Crippen LogP contribution in [0.3, 0.4) is 0 Å². The predicted octanol–water partition coefficient (Wildman–Crippen LogP) is 0.632. The van der Waals surface area contributed by atoms with Gasteiger partial charge in [-0.05, 0) is 31.5 Å². The summed E-state index contributed by atoms with van der Waals surface area (Å²) in [6.45, 7) is 3.68. The smallest absolute Gasteiger partial charge is 0.409 e. The zero-order valence-corrected chi connectivity index (χ0v) is 15.4. The summed E-state index contributed by atoms with van der Waals surface area (Å²) in [6, 6.07) is 6.94. The minimum absolute atomic E-state index is 0.0745. The molecule has 0 radical (unpaired) electrons. The zero-order valence-electron chi connectivity index (χ0n) is 15.4. The van der Waals surface area contributed by atoms with Crippen LogP contribution >= 0.6 is 0 Å². The van der Waals surface area contributed by atoms with Crippen molar-refractivity contribution in [3.05, 3.63) is 41.7 Å². The fourth-order valence-corrected chi connectivity index (χ4v) is 2.30. The Kier molecular flexibility index (Phi) is 6.47. The normalized spacial score (nSPS) is 11.5. The van der Waals surface area contributed by atoms with Crippen molar-refractivity contribution in [2.45, 2.75) is 19.9 Å². The highest BCUT2D eigenvalue weighted by molar-refractivity contribution is 5.90. The van der Waals surface area contributed by atoms with E-state index in [9.17, 15) is 14.4 Å². The summed E-state index contributed by atoms with van der Waals surface area (Å²) in [5.41, 5.74) is 6.79. The van der Waals surface area contributed by atoms with Gasteiger partial charge in [0, 0.05) is 7.05 Å². The number of primary amides is 1. The first-order valence-corrected chi connectivity index (χ1v) is 8.31. The van der Waals surface area contributed by atoms with Gasteiger partial charge in [0.15, 0.2) is 5.69 Å². The fraction of sp³-hybridized carbons (Fsp3) is 0.353. The molecule has 0 saturated carbocycles. The lowest BCUT2D eigenvalue weighted by Gasteiger charge is -2.19. The SMILES string of the molecule is CCOC(=O)N(C)CC(=O)N[C@H](C)c1ccc(-n2cc(C(N)=O)nn2)cc1. The third-order valence-corrected chi connectivity index (χ3v) is 3.74. The van der Waals surface area contributed by atoms with Crippen molar-refractivity contribution < 1.29 is 19.1 Å². The number of aromatic nitrogens is 3. The van der Waals surface area contributed by atoms with E-state index in [0.717, 1.165) is 5.56 Å². The van der Waals surface area contributed by atoms with Crippen LogP contribution in [0.5, 0.6) is 0 Å². The van der Waals surface area contributed by atoms with Crippen LogP contribution in [0.1, 0.15) is 35.9 Å². The number of rotatable bonds is 7. The maximum Gasteiger partial charge on any atom is 0.409 e. The molecule has 1 aromatic heterocycles. The first-order chi connectivity index (χ1) is 12.8. The van der Waals surface area contributed by atoms with Crippen LogP contribution in [0.25, 0.3) is 5.69 Å². The molecule has 0 aliphatic heterocycles. The molecule has 0 fully saturated rings. The monoisotopic (exact) mass is 374 g/mol. The second-order valence-electron chi connectivity index (χ2n) is 5.85. The van der Waals surface area contributed by atoms with Gasteiger partial charge in [-0.2, -0.15) is 0 Å². The Bertz CT molecular complexity index is 817. The first kappa shape index (κ1) is 19.9. The van der Waals surface area contributed by atoms with Crippen LogP contribution in [0.15, 0.2) is 30.5 Å². The Hall–Kier alpha value is -3.43. The van der Waals surface area contributed by atoms with Gasteiger partial charge in [-0.25, -0.2) is 9.48 Å². The average molecular weight is 374 g/mol. The number of nitrogens with zero attached hydrogens (tertiary/aromatic N) is 4. The number of benzene rings is 1. The summed E-state index contributed by atoms with van der Waals surface area (Å²) in [4.78, 5) is 35.9. The van der Waals surface area contributed by atoms with Gasteiger partial charge in [0.25, 0.3) is 5.91 Å². The highest BCUT2D eigenvalue weighted by Gasteiger charge is 2.16. The van der Waals surface area contributed by atoms with E-state index in [2.05, 4.69) is 15.6 Å². The molecular weight excluding hydrogens is 352 g/mol. The molecule has 2 rings (SSSR count). The second kappa shape index (κ2) is 8.79. The summed E-state index contributed by atoms with van der Waals surface area (Å²) in [5.74, 6) is -0.952. The number of carbonyl (C=O) groups is 3. The van der Waals surface area contributed by atoms with E-state index in [0.29, 0.717) is 5.69 Å². The summed E-state index contributed by atoms with van der Waals surface area (Å²) >= 11 is 0. The third kappa shape index (κ3) is 5.27. The standard InChI is InChI=1S/C17H22N6O4/c1-4-27-17(26)22(3)10-15(24)19-11(2)12-5-7-13(8-6-12)23-9-14(16(18)25)20-21-23/h5-9,11H,4,10H2,1-3H3,(H2,18,25)(H,19,24)/t11-/m1/s1. The van der Waals surface area contributed by atoms with Gasteiger partial charge in [-0.15, -0.1) is 5.10 Å². The van der Waals surface area contributed by atoms with Gasteiger partial charge in [0.05, 0.1) is 24.5 Å². The number of likely N-dealkylation sites (N-methyl/N-ethyl adjacent to an activating group) is 1. The van der Waals surface area contributed by atoms with Crippen molar-refractivity contribution in [1.82, 2.24) is 25.2 Å². The highest BCUT2D eigenvalue weighted by atomic mass is 16.6. The third-order valence-electron chi connectivity index (χ3n) is 3.74. The Labute approximate surface area is 156 Å². The molecule has 0 aliphatic carbocycles. The maximum atomic E-state index is 12.1. The molecule has 27 heavy (non-hydrogen) atoms. The van der Waals surface area contributed by atoms with Gasteiger partial charge >= 0.3 is 6.09 Å². The van der Waals surface area contributed by atoms with E-state index in [1.54, 1.807) is 19.1 Å². The quantitative estimate of drug-likeness (QED) is 0.730. The van der Waals surface area contributed by atoms with Crippen LogP contribution in [-0.4, -0.2) is 58.0 Å². The number of amides is 3. The van der Waals surface area contributed by atoms with Gasteiger partial charge in [0.1, 0.15) is 6.54 Å². The van der Waals surface area contributed by atoms with E-state index in [1.807, 2.05) is 19.1 Å². The van der Waals surface area contributed by atoms with Crippen LogP contribution < -0.4 is 11.1 Å². The Morgan fingerprint density at radius 1 is 1.30 bits per heavy atom. The Balaban J connectivity index is 1.96. The van der Waals surface area contributed by atoms with Gasteiger partial charge in [-0.1, -0.05) is 17.3 Å². The molecule has 3 N–H and O–H groups in total. The minimum Gasteiger partial charge on any atom is -0.450 e. The summed E-state index contributed by atoms with van der Waals surface area (Å²) in [6.07, 6.45) is 0.890. The number of hydrogen-bond donors (Lipinski definition) is 2. The van der Waals surface area contributed by atoms with Crippen LogP contribution in [-0.2, 0) is 9.53 Å². The van der Waals surface area contributed by atoms with E-state index < -0.39 is 12.0 Å². The molecule has 0 aliphatic rings. The van der Waals surface area contributed by atoms with Crippen molar-refractivity contribution in [3.8, 4) is 5.69 Å². The van der Waals surface area contributed by atoms with Crippen molar-refractivity contribution in [2.24, 2.45) is 5.73 Å². The first-order valence-electron chi connectivity index (χ1n) is 8.31. The molecule has 0 bridgehead atoms. The second-order valence-corrected chi connectivity index (χ2v) is 5.85. The zero-order chi connectivity index (χ0) is 20.0. The van der Waals surface area contributed by atoms with E-state index >= 15 is 0 Å². The van der Waals surface area contributed by atoms with Crippen molar-refractivity contribution >= 4 is 17.9 Å². The lowest BCUT2D eigenvalue weighted by molar-refractivity contribution is -0.122. The van der Waals surface area contributed by atoms with E-state index in [1.165, 1.54) is 22.8 Å².